The predicted octanol–water partition coefficient (Wildman–Crippen LogP) is 2.93. The van der Waals surface area contributed by atoms with E-state index in [1.54, 1.807) is 0 Å². The van der Waals surface area contributed by atoms with Crippen LogP contribution in [0, 0.1) is 24.2 Å². The van der Waals surface area contributed by atoms with Gasteiger partial charge in [-0.3, -0.25) is 4.79 Å². The zero-order chi connectivity index (χ0) is 20.3. The molecule has 0 atom stereocenters. The largest absolute Gasteiger partial charge is 0.302 e. The number of rotatable bonds is 5. The number of hydrogen-bond donors (Lipinski definition) is 1. The van der Waals surface area contributed by atoms with Crippen molar-refractivity contribution in [1.29, 1.82) is 5.26 Å². The third-order valence-corrected chi connectivity index (χ3v) is 7.74. The fourth-order valence-corrected chi connectivity index (χ4v) is 5.60. The van der Waals surface area contributed by atoms with Gasteiger partial charge < -0.3 is 5.32 Å². The van der Waals surface area contributed by atoms with E-state index in [1.807, 2.05) is 19.9 Å². The van der Waals surface area contributed by atoms with E-state index in [4.69, 9.17) is 5.26 Å². The van der Waals surface area contributed by atoms with Gasteiger partial charge in [-0.1, -0.05) is 6.92 Å². The number of sulfonamides is 1. The Labute approximate surface area is 169 Å². The van der Waals surface area contributed by atoms with Gasteiger partial charge >= 0.3 is 0 Å². The third-order valence-electron chi connectivity index (χ3n) is 4.90. The molecule has 3 rings (SSSR count). The second kappa shape index (κ2) is 8.39. The molecule has 2 heterocycles. The van der Waals surface area contributed by atoms with Crippen LogP contribution < -0.4 is 5.32 Å². The monoisotopic (exact) mass is 418 g/mol. The van der Waals surface area contributed by atoms with Gasteiger partial charge in [0.05, 0.1) is 22.2 Å². The number of anilines is 1. The van der Waals surface area contributed by atoms with Crippen molar-refractivity contribution >= 4 is 32.4 Å². The van der Waals surface area contributed by atoms with Gasteiger partial charge in [-0.2, -0.15) is 9.57 Å². The molecule has 2 aromatic rings. The molecule has 7 nitrogen and oxygen atoms in total. The lowest BCUT2D eigenvalue weighted by Crippen LogP contribution is -2.41. The number of nitriles is 1. The van der Waals surface area contributed by atoms with Crippen molar-refractivity contribution in [3.8, 4) is 6.07 Å². The average Bonchev–Trinajstić information content (AvgIpc) is 3.07. The topological polar surface area (TPSA) is 103 Å². The van der Waals surface area contributed by atoms with Crippen LogP contribution in [0.3, 0.4) is 0 Å². The summed E-state index contributed by atoms with van der Waals surface area (Å²) < 4.78 is 26.9. The Morgan fingerprint density at radius 2 is 1.96 bits per heavy atom. The fraction of sp³-hybridized carbons (Fsp3) is 0.421. The SMILES string of the molecule is CCc1nc(NC(=O)C2CCN(S(=O)(=O)c3ccc(C#N)cc3)CC2)sc1C. The molecule has 1 aliphatic rings. The molecule has 9 heteroatoms. The first-order chi connectivity index (χ1) is 13.3. The van der Waals surface area contributed by atoms with E-state index < -0.39 is 10.0 Å². The highest BCUT2D eigenvalue weighted by atomic mass is 32.2. The lowest BCUT2D eigenvalue weighted by Gasteiger charge is -2.30. The number of carbonyl (C=O) groups is 1. The summed E-state index contributed by atoms with van der Waals surface area (Å²) in [5.41, 5.74) is 1.40. The molecule has 0 spiro atoms. The Bertz CT molecular complexity index is 999. The second-order valence-corrected chi connectivity index (χ2v) is 9.82. The van der Waals surface area contributed by atoms with E-state index in [0.717, 1.165) is 17.0 Å². The Morgan fingerprint density at radius 3 is 2.50 bits per heavy atom. The van der Waals surface area contributed by atoms with Crippen LogP contribution in [-0.2, 0) is 21.2 Å². The van der Waals surface area contributed by atoms with Gasteiger partial charge in [-0.15, -0.1) is 11.3 Å². The van der Waals surface area contributed by atoms with Gasteiger partial charge in [-0.25, -0.2) is 13.4 Å². The van der Waals surface area contributed by atoms with Gasteiger partial charge in [0.15, 0.2) is 5.13 Å². The van der Waals surface area contributed by atoms with Crippen LogP contribution in [0.2, 0.25) is 0 Å². The minimum Gasteiger partial charge on any atom is -0.302 e. The van der Waals surface area contributed by atoms with Gasteiger partial charge in [0, 0.05) is 23.9 Å². The van der Waals surface area contributed by atoms with E-state index in [2.05, 4.69) is 10.3 Å². The summed E-state index contributed by atoms with van der Waals surface area (Å²) in [6, 6.07) is 7.86. The van der Waals surface area contributed by atoms with Crippen LogP contribution in [-0.4, -0.2) is 36.7 Å². The smallest absolute Gasteiger partial charge is 0.243 e. The van der Waals surface area contributed by atoms with Gasteiger partial charge in [0.2, 0.25) is 15.9 Å². The predicted molar refractivity (Wildman–Crippen MR) is 107 cm³/mol. The lowest BCUT2D eigenvalue weighted by atomic mass is 9.97. The molecule has 1 aromatic heterocycles. The summed E-state index contributed by atoms with van der Waals surface area (Å²) in [7, 11) is -3.62. The molecular weight excluding hydrogens is 396 g/mol. The molecule has 1 aliphatic heterocycles. The first-order valence-corrected chi connectivity index (χ1v) is 11.4. The molecule has 0 unspecified atom stereocenters. The molecule has 1 N–H and O–H groups in total. The number of nitrogens with one attached hydrogen (secondary N) is 1. The Morgan fingerprint density at radius 1 is 1.32 bits per heavy atom. The molecule has 1 aromatic carbocycles. The van der Waals surface area contributed by atoms with Crippen molar-refractivity contribution in [2.24, 2.45) is 5.92 Å². The molecule has 0 saturated carbocycles. The van der Waals surface area contributed by atoms with Crippen LogP contribution in [0.15, 0.2) is 29.2 Å². The van der Waals surface area contributed by atoms with E-state index in [1.165, 1.54) is 39.9 Å². The maximum Gasteiger partial charge on any atom is 0.243 e. The Kier molecular flexibility index (Phi) is 6.13. The normalized spacial score (nSPS) is 15.9. The molecule has 1 saturated heterocycles. The lowest BCUT2D eigenvalue weighted by molar-refractivity contribution is -0.120. The van der Waals surface area contributed by atoms with Crippen LogP contribution in [0.1, 0.15) is 35.9 Å². The molecular formula is C19H22N4O3S2. The van der Waals surface area contributed by atoms with Crippen LogP contribution >= 0.6 is 11.3 Å². The fourth-order valence-electron chi connectivity index (χ4n) is 3.23. The molecule has 28 heavy (non-hydrogen) atoms. The van der Waals surface area contributed by atoms with Crippen LogP contribution in [0.4, 0.5) is 5.13 Å². The minimum atomic E-state index is -3.62. The van der Waals surface area contributed by atoms with E-state index in [9.17, 15) is 13.2 Å². The summed E-state index contributed by atoms with van der Waals surface area (Å²) in [6.07, 6.45) is 1.75. The van der Waals surface area contributed by atoms with Crippen LogP contribution in [0.5, 0.6) is 0 Å². The van der Waals surface area contributed by atoms with Crippen molar-refractivity contribution in [3.63, 3.8) is 0 Å². The minimum absolute atomic E-state index is 0.105. The highest BCUT2D eigenvalue weighted by Crippen LogP contribution is 2.27. The number of nitrogens with zero attached hydrogens (tertiary/aromatic N) is 3. The molecule has 1 amide bonds. The van der Waals surface area contributed by atoms with Crippen LogP contribution in [0.25, 0.3) is 0 Å². The van der Waals surface area contributed by atoms with E-state index in [-0.39, 0.29) is 29.8 Å². The third kappa shape index (κ3) is 4.24. The summed E-state index contributed by atoms with van der Waals surface area (Å²) >= 11 is 1.46. The summed E-state index contributed by atoms with van der Waals surface area (Å²) in [5.74, 6) is -0.339. The number of carbonyl (C=O) groups excluding carboxylic acids is 1. The van der Waals surface area contributed by atoms with E-state index in [0.29, 0.717) is 23.5 Å². The van der Waals surface area contributed by atoms with Crippen molar-refractivity contribution < 1.29 is 13.2 Å². The Balaban J connectivity index is 1.61. The van der Waals surface area contributed by atoms with Gasteiger partial charge in [-0.05, 0) is 50.5 Å². The molecule has 0 aliphatic carbocycles. The maximum absolute atomic E-state index is 12.8. The summed E-state index contributed by atoms with van der Waals surface area (Å²) in [6.45, 7) is 4.59. The van der Waals surface area contributed by atoms with Crippen molar-refractivity contribution in [3.05, 3.63) is 40.4 Å². The number of thiazole rings is 1. The second-order valence-electron chi connectivity index (χ2n) is 6.68. The van der Waals surface area contributed by atoms with Crippen molar-refractivity contribution in [1.82, 2.24) is 9.29 Å². The highest BCUT2D eigenvalue weighted by molar-refractivity contribution is 7.89. The number of amides is 1. The maximum atomic E-state index is 12.8. The molecule has 148 valence electrons. The molecule has 1 fully saturated rings. The first-order valence-electron chi connectivity index (χ1n) is 9.12. The number of aryl methyl sites for hydroxylation is 2. The highest BCUT2D eigenvalue weighted by Gasteiger charge is 2.32. The number of aromatic nitrogens is 1. The summed E-state index contributed by atoms with van der Waals surface area (Å²) in [5, 5.41) is 12.3. The quantitative estimate of drug-likeness (QED) is 0.804. The standard InChI is InChI=1S/C19H22N4O3S2/c1-3-17-13(2)27-19(21-17)22-18(24)15-8-10-23(11-9-15)28(25,26)16-6-4-14(12-20)5-7-16/h4-7,15H,3,8-11H2,1-2H3,(H,21,22,24). The zero-order valence-corrected chi connectivity index (χ0v) is 17.4. The molecule has 0 bridgehead atoms. The van der Waals surface area contributed by atoms with E-state index >= 15 is 0 Å². The van der Waals surface area contributed by atoms with Crippen molar-refractivity contribution in [2.75, 3.05) is 18.4 Å². The number of hydrogen-bond acceptors (Lipinski definition) is 6. The van der Waals surface area contributed by atoms with Crippen molar-refractivity contribution in [2.45, 2.75) is 38.0 Å². The Hall–Kier alpha value is -2.28. The zero-order valence-electron chi connectivity index (χ0n) is 15.8. The summed E-state index contributed by atoms with van der Waals surface area (Å²) in [4.78, 5) is 18.2. The average molecular weight is 419 g/mol. The number of benzene rings is 1. The molecule has 0 radical (unpaired) electrons. The number of piperidine rings is 1. The first kappa shape index (κ1) is 20.5. The van der Waals surface area contributed by atoms with Gasteiger partial charge in [0.25, 0.3) is 0 Å². The van der Waals surface area contributed by atoms with Gasteiger partial charge in [0.1, 0.15) is 0 Å².